The fraction of sp³-hybridized carbons (Fsp3) is 0.800. The summed E-state index contributed by atoms with van der Waals surface area (Å²) in [6.07, 6.45) is -0.0602. The Balaban J connectivity index is 2.24. The highest BCUT2D eigenvalue weighted by atomic mass is 35.5. The van der Waals surface area contributed by atoms with Crippen LogP contribution in [0.3, 0.4) is 0 Å². The number of hydrogen-bond acceptors (Lipinski definition) is 3. The standard InChI is InChI=1S/C5H8Cl2N2O2/c6-9(7)5(10)3-4-8-1-2-11-4/h4,8H,1-3H2. The Morgan fingerprint density at radius 3 is 2.91 bits per heavy atom. The fourth-order valence-electron chi connectivity index (χ4n) is 0.839. The Hall–Kier alpha value is -0.0300. The highest BCUT2D eigenvalue weighted by molar-refractivity contribution is 6.41. The SMILES string of the molecule is O=C(CC1NCCO1)N(Cl)Cl. The average Bonchev–Trinajstić information content (AvgIpc) is 2.39. The monoisotopic (exact) mass is 198 g/mol. The lowest BCUT2D eigenvalue weighted by atomic mass is 10.4. The minimum atomic E-state index is -0.368. The molecule has 1 amide bonds. The number of hydrogen-bond donors (Lipinski definition) is 1. The summed E-state index contributed by atoms with van der Waals surface area (Å²) in [5.74, 6) is -0.368. The zero-order valence-electron chi connectivity index (χ0n) is 5.72. The van der Waals surface area contributed by atoms with Gasteiger partial charge in [-0.15, -0.1) is 0 Å². The van der Waals surface area contributed by atoms with Crippen LogP contribution in [0.25, 0.3) is 0 Å². The Labute approximate surface area is 74.6 Å². The van der Waals surface area contributed by atoms with Crippen molar-refractivity contribution in [2.45, 2.75) is 12.6 Å². The molecule has 0 aromatic heterocycles. The quantitative estimate of drug-likeness (QED) is 0.656. The van der Waals surface area contributed by atoms with Gasteiger partial charge in [0.2, 0.25) is 0 Å². The number of carbonyl (C=O) groups is 1. The number of ether oxygens (including phenoxy) is 1. The molecule has 1 rings (SSSR count). The van der Waals surface area contributed by atoms with E-state index in [-0.39, 0.29) is 18.6 Å². The molecular weight excluding hydrogens is 191 g/mol. The lowest BCUT2D eigenvalue weighted by molar-refractivity contribution is -0.125. The van der Waals surface area contributed by atoms with E-state index in [0.29, 0.717) is 10.5 Å². The maximum Gasteiger partial charge on any atom is 0.256 e. The normalized spacial score (nSPS) is 23.6. The molecule has 1 saturated heterocycles. The zero-order chi connectivity index (χ0) is 8.27. The second kappa shape index (κ2) is 4.11. The van der Waals surface area contributed by atoms with Crippen molar-refractivity contribution in [1.29, 1.82) is 0 Å². The first-order valence-corrected chi connectivity index (χ1v) is 3.87. The van der Waals surface area contributed by atoms with Crippen molar-refractivity contribution in [3.8, 4) is 0 Å². The molecule has 1 atom stereocenters. The van der Waals surface area contributed by atoms with Crippen LogP contribution in [0, 0.1) is 0 Å². The highest BCUT2D eigenvalue weighted by Crippen LogP contribution is 2.07. The van der Waals surface area contributed by atoms with E-state index < -0.39 is 0 Å². The second-order valence-electron chi connectivity index (χ2n) is 2.14. The van der Waals surface area contributed by atoms with E-state index in [2.05, 4.69) is 5.32 Å². The molecule has 11 heavy (non-hydrogen) atoms. The van der Waals surface area contributed by atoms with Crippen molar-refractivity contribution in [2.24, 2.45) is 0 Å². The third-order valence-corrected chi connectivity index (χ3v) is 1.72. The molecule has 0 radical (unpaired) electrons. The van der Waals surface area contributed by atoms with Crippen LogP contribution < -0.4 is 5.32 Å². The van der Waals surface area contributed by atoms with Crippen LogP contribution in [-0.4, -0.2) is 29.2 Å². The van der Waals surface area contributed by atoms with Crippen LogP contribution in [0.15, 0.2) is 0 Å². The van der Waals surface area contributed by atoms with Crippen molar-refractivity contribution in [2.75, 3.05) is 13.2 Å². The molecule has 0 aliphatic carbocycles. The summed E-state index contributed by atoms with van der Waals surface area (Å²) in [6.45, 7) is 1.39. The van der Waals surface area contributed by atoms with E-state index in [1.165, 1.54) is 0 Å². The van der Waals surface area contributed by atoms with Crippen LogP contribution in [0.1, 0.15) is 6.42 Å². The van der Waals surface area contributed by atoms with E-state index >= 15 is 0 Å². The third kappa shape index (κ3) is 2.83. The summed E-state index contributed by atoms with van der Waals surface area (Å²) in [7, 11) is 0. The van der Waals surface area contributed by atoms with E-state index in [0.717, 1.165) is 6.54 Å². The minimum Gasteiger partial charge on any atom is -0.361 e. The minimum absolute atomic E-state index is 0.174. The number of halogens is 2. The van der Waals surface area contributed by atoms with Crippen molar-refractivity contribution in [1.82, 2.24) is 9.25 Å². The molecule has 1 aliphatic heterocycles. The second-order valence-corrected chi connectivity index (χ2v) is 2.99. The molecule has 0 saturated carbocycles. The summed E-state index contributed by atoms with van der Waals surface area (Å²) < 4.78 is 5.62. The molecule has 1 N–H and O–H groups in total. The molecule has 1 heterocycles. The van der Waals surface area contributed by atoms with Gasteiger partial charge in [-0.1, -0.05) is 0 Å². The first-order chi connectivity index (χ1) is 5.20. The Bertz CT molecular complexity index is 147. The highest BCUT2D eigenvalue weighted by Gasteiger charge is 2.20. The molecular formula is C5H8Cl2N2O2. The molecule has 0 spiro atoms. The molecule has 4 nitrogen and oxygen atoms in total. The lowest BCUT2D eigenvalue weighted by Gasteiger charge is -2.09. The number of nitrogens with zero attached hydrogens (tertiary/aromatic N) is 1. The van der Waals surface area contributed by atoms with E-state index in [1.807, 2.05) is 0 Å². The molecule has 0 aromatic rings. The van der Waals surface area contributed by atoms with Crippen molar-refractivity contribution >= 4 is 29.5 Å². The number of nitrogens with one attached hydrogen (secondary N) is 1. The molecule has 64 valence electrons. The van der Waals surface area contributed by atoms with Gasteiger partial charge in [0.05, 0.1) is 13.0 Å². The van der Waals surface area contributed by atoms with E-state index in [1.54, 1.807) is 0 Å². The molecule has 1 unspecified atom stereocenters. The summed E-state index contributed by atoms with van der Waals surface area (Å²) >= 11 is 10.3. The van der Waals surface area contributed by atoms with Gasteiger partial charge in [-0.05, 0) is 0 Å². The van der Waals surface area contributed by atoms with E-state index in [4.69, 9.17) is 28.3 Å². The Morgan fingerprint density at radius 1 is 1.73 bits per heavy atom. The number of amides is 1. The van der Waals surface area contributed by atoms with Crippen LogP contribution in [0.2, 0.25) is 0 Å². The first kappa shape index (κ1) is 9.06. The molecule has 0 bridgehead atoms. The third-order valence-electron chi connectivity index (χ3n) is 1.34. The summed E-state index contributed by atoms with van der Waals surface area (Å²) in [6, 6.07) is 0. The molecule has 1 aliphatic rings. The molecule has 1 fully saturated rings. The maximum atomic E-state index is 10.8. The maximum absolute atomic E-state index is 10.8. The van der Waals surface area contributed by atoms with Gasteiger partial charge in [0.25, 0.3) is 5.91 Å². The summed E-state index contributed by atoms with van der Waals surface area (Å²) in [5.41, 5.74) is 0. The van der Waals surface area contributed by atoms with Gasteiger partial charge < -0.3 is 4.74 Å². The predicted molar refractivity (Wildman–Crippen MR) is 40.9 cm³/mol. The van der Waals surface area contributed by atoms with Gasteiger partial charge in [0.15, 0.2) is 0 Å². The Morgan fingerprint density at radius 2 is 2.45 bits per heavy atom. The summed E-state index contributed by atoms with van der Waals surface area (Å²) in [5, 5.41) is 2.96. The van der Waals surface area contributed by atoms with Crippen LogP contribution in [0.5, 0.6) is 0 Å². The van der Waals surface area contributed by atoms with Gasteiger partial charge in [0.1, 0.15) is 6.23 Å². The van der Waals surface area contributed by atoms with Gasteiger partial charge in [-0.3, -0.25) is 10.1 Å². The molecule has 6 heteroatoms. The zero-order valence-corrected chi connectivity index (χ0v) is 7.23. The first-order valence-electron chi connectivity index (χ1n) is 3.19. The lowest BCUT2D eigenvalue weighted by Crippen LogP contribution is -2.28. The average molecular weight is 199 g/mol. The predicted octanol–water partition coefficient (Wildman–Crippen LogP) is 0.459. The van der Waals surface area contributed by atoms with Gasteiger partial charge in [-0.25, -0.2) is 0 Å². The smallest absolute Gasteiger partial charge is 0.256 e. The van der Waals surface area contributed by atoms with Gasteiger partial charge in [-0.2, -0.15) is 3.94 Å². The van der Waals surface area contributed by atoms with Crippen LogP contribution in [-0.2, 0) is 9.53 Å². The summed E-state index contributed by atoms with van der Waals surface area (Å²) in [4.78, 5) is 10.8. The van der Waals surface area contributed by atoms with Crippen LogP contribution >= 0.6 is 23.6 Å². The topological polar surface area (TPSA) is 41.6 Å². The fourth-order valence-corrected chi connectivity index (χ4v) is 0.977. The molecule has 0 aromatic carbocycles. The van der Waals surface area contributed by atoms with Gasteiger partial charge >= 0.3 is 0 Å². The van der Waals surface area contributed by atoms with Gasteiger partial charge in [0, 0.05) is 30.1 Å². The largest absolute Gasteiger partial charge is 0.361 e. The van der Waals surface area contributed by atoms with E-state index in [9.17, 15) is 4.79 Å². The van der Waals surface area contributed by atoms with Crippen molar-refractivity contribution < 1.29 is 9.53 Å². The van der Waals surface area contributed by atoms with Crippen molar-refractivity contribution in [3.05, 3.63) is 0 Å². The van der Waals surface area contributed by atoms with Crippen molar-refractivity contribution in [3.63, 3.8) is 0 Å². The Kier molecular flexibility index (Phi) is 3.39. The number of rotatable bonds is 2. The number of carbonyl (C=O) groups excluding carboxylic acids is 1. The van der Waals surface area contributed by atoms with Crippen LogP contribution in [0.4, 0.5) is 0 Å².